The van der Waals surface area contributed by atoms with E-state index in [4.69, 9.17) is 9.05 Å². The number of amides is 1. The maximum Gasteiger partial charge on any atom is 0.472 e. The summed E-state index contributed by atoms with van der Waals surface area (Å²) < 4.78 is 23.3. The summed E-state index contributed by atoms with van der Waals surface area (Å²) in [7, 11) is 1.62. The van der Waals surface area contributed by atoms with Crippen LogP contribution >= 0.6 is 7.82 Å². The van der Waals surface area contributed by atoms with Crippen LogP contribution in [0.1, 0.15) is 213 Å². The largest absolute Gasteiger partial charge is 0.472 e. The van der Waals surface area contributed by atoms with Crippen LogP contribution in [-0.4, -0.2) is 73.4 Å². The van der Waals surface area contributed by atoms with Crippen molar-refractivity contribution in [1.82, 2.24) is 5.32 Å². The van der Waals surface area contributed by atoms with Gasteiger partial charge in [-0.15, -0.1) is 0 Å². The summed E-state index contributed by atoms with van der Waals surface area (Å²) in [6.45, 7) is 4.67. The van der Waals surface area contributed by atoms with Crippen LogP contribution in [0.4, 0.5) is 0 Å². The summed E-state index contributed by atoms with van der Waals surface area (Å²) in [5.41, 5.74) is 0. The molecule has 0 fully saturated rings. The van der Waals surface area contributed by atoms with Crippen LogP contribution in [0.15, 0.2) is 0 Å². The van der Waals surface area contributed by atoms with Crippen LogP contribution in [0.2, 0.25) is 0 Å². The quantitative estimate of drug-likeness (QED) is 0.0327. The molecule has 0 aliphatic carbocycles. The molecule has 0 rings (SSSR count). The van der Waals surface area contributed by atoms with Crippen molar-refractivity contribution in [3.8, 4) is 0 Å². The second-order valence-electron chi connectivity index (χ2n) is 16.4. The predicted octanol–water partition coefficient (Wildman–Crippen LogP) is 11.8. The number of aliphatic hydroxyl groups excluding tert-OH is 1. The van der Waals surface area contributed by atoms with Gasteiger partial charge >= 0.3 is 7.82 Å². The summed E-state index contributed by atoms with van der Waals surface area (Å²) in [5.74, 6) is -0.177. The molecule has 1 amide bonds. The topological polar surface area (TPSA) is 105 Å². The van der Waals surface area contributed by atoms with Gasteiger partial charge in [-0.25, -0.2) is 4.57 Å². The van der Waals surface area contributed by atoms with E-state index in [2.05, 4.69) is 12.2 Å². The number of hydrogen-bond acceptors (Lipinski definition) is 5. The van der Waals surface area contributed by atoms with Crippen LogP contribution in [-0.2, 0) is 18.4 Å². The van der Waals surface area contributed by atoms with Crippen molar-refractivity contribution in [3.05, 3.63) is 0 Å². The third kappa shape index (κ3) is 37.6. The Morgan fingerprint density at radius 3 is 1.29 bits per heavy atom. The molecule has 306 valence electrons. The van der Waals surface area contributed by atoms with E-state index >= 15 is 0 Å². The van der Waals surface area contributed by atoms with Gasteiger partial charge in [0.25, 0.3) is 0 Å². The minimum absolute atomic E-state index is 0.0764. The smallest absolute Gasteiger partial charge is 0.391 e. The number of likely N-dealkylation sites (N-methyl/N-ethyl adjacent to an activating group) is 1. The average molecular weight is 748 g/mol. The lowest BCUT2D eigenvalue weighted by Crippen LogP contribution is -2.46. The van der Waals surface area contributed by atoms with Gasteiger partial charge in [0, 0.05) is 6.42 Å². The van der Waals surface area contributed by atoms with Crippen LogP contribution < -0.4 is 5.32 Å². The Kier molecular flexibility index (Phi) is 34.9. The molecule has 0 aromatic heterocycles. The number of nitrogens with zero attached hydrogens (tertiary/aromatic N) is 1. The van der Waals surface area contributed by atoms with E-state index < -0.39 is 20.0 Å². The van der Waals surface area contributed by atoms with Gasteiger partial charge in [0.2, 0.25) is 5.91 Å². The van der Waals surface area contributed by atoms with Gasteiger partial charge in [0.05, 0.1) is 39.9 Å². The van der Waals surface area contributed by atoms with Gasteiger partial charge in [0.1, 0.15) is 13.2 Å². The van der Waals surface area contributed by atoms with Crippen molar-refractivity contribution in [1.29, 1.82) is 0 Å². The molecule has 3 unspecified atom stereocenters. The highest BCUT2D eigenvalue weighted by Gasteiger charge is 2.28. The van der Waals surface area contributed by atoms with E-state index in [0.717, 1.165) is 32.1 Å². The average Bonchev–Trinajstić information content (AvgIpc) is 3.08. The molecule has 0 saturated carbocycles. The lowest BCUT2D eigenvalue weighted by molar-refractivity contribution is -0.870. The molecule has 0 aliphatic heterocycles. The van der Waals surface area contributed by atoms with E-state index in [9.17, 15) is 19.4 Å². The molecule has 0 spiro atoms. The van der Waals surface area contributed by atoms with Gasteiger partial charge in [-0.05, 0) is 12.8 Å². The highest BCUT2D eigenvalue weighted by atomic mass is 31.2. The molecule has 9 heteroatoms. The monoisotopic (exact) mass is 748 g/mol. The Morgan fingerprint density at radius 2 is 0.941 bits per heavy atom. The third-order valence-corrected chi connectivity index (χ3v) is 11.1. The van der Waals surface area contributed by atoms with Crippen LogP contribution in [0, 0.1) is 0 Å². The fourth-order valence-corrected chi connectivity index (χ4v) is 7.29. The number of carbonyl (C=O) groups is 1. The first-order valence-corrected chi connectivity index (χ1v) is 23.4. The summed E-state index contributed by atoms with van der Waals surface area (Å²) in [6, 6.07) is -0.749. The van der Waals surface area contributed by atoms with Crippen molar-refractivity contribution >= 4 is 13.7 Å². The minimum Gasteiger partial charge on any atom is -0.391 e. The van der Waals surface area contributed by atoms with E-state index in [0.29, 0.717) is 23.9 Å². The molecule has 0 heterocycles. The first kappa shape index (κ1) is 50.5. The lowest BCUT2D eigenvalue weighted by atomic mass is 10.0. The number of unbranched alkanes of at least 4 members (excludes halogenated alkanes) is 27. The molecular formula is C42H88N2O6P+. The number of phosphoric acid groups is 1. The molecule has 3 atom stereocenters. The van der Waals surface area contributed by atoms with Crippen LogP contribution in [0.3, 0.4) is 0 Å². The number of quaternary nitrogens is 1. The molecule has 3 N–H and O–H groups in total. The molecule has 0 aromatic carbocycles. The van der Waals surface area contributed by atoms with Crippen molar-refractivity contribution in [3.63, 3.8) is 0 Å². The second-order valence-corrected chi connectivity index (χ2v) is 17.9. The van der Waals surface area contributed by atoms with Crippen LogP contribution in [0.25, 0.3) is 0 Å². The van der Waals surface area contributed by atoms with Gasteiger partial charge in [0.15, 0.2) is 0 Å². The first-order valence-electron chi connectivity index (χ1n) is 21.9. The Morgan fingerprint density at radius 1 is 0.588 bits per heavy atom. The molecule has 8 nitrogen and oxygen atoms in total. The lowest BCUT2D eigenvalue weighted by Gasteiger charge is -2.26. The Labute approximate surface area is 317 Å². The zero-order chi connectivity index (χ0) is 37.9. The van der Waals surface area contributed by atoms with Crippen molar-refractivity contribution in [2.24, 2.45) is 0 Å². The molecular weight excluding hydrogens is 659 g/mol. The SMILES string of the molecule is CCCCCCCCCCCCCCCCCCCCCCCCCCCCCC(O)C(COP(=O)(O)OCC[N+](C)(C)C)NC(=O)CCCC. The van der Waals surface area contributed by atoms with Crippen LogP contribution in [0.5, 0.6) is 0 Å². The maximum atomic E-state index is 12.4. The summed E-state index contributed by atoms with van der Waals surface area (Å²) in [5, 5.41) is 13.7. The molecule has 0 aliphatic rings. The number of nitrogens with one attached hydrogen (secondary N) is 1. The number of carbonyl (C=O) groups excluding carboxylic acids is 1. The molecule has 0 bridgehead atoms. The molecule has 51 heavy (non-hydrogen) atoms. The standard InChI is InChI=1S/C42H87N2O6P/c1-6-8-10-11-12-13-14-15-16-17-18-19-20-21-22-23-24-25-26-27-28-29-30-31-32-33-34-35-41(45)40(43-42(46)36-9-7-2)39-50-51(47,48)49-38-37-44(3,4)5/h40-41,45H,6-39H2,1-5H3,(H-,43,46,47,48)/p+1. The fourth-order valence-electron chi connectivity index (χ4n) is 6.55. The highest BCUT2D eigenvalue weighted by Crippen LogP contribution is 2.43. The van der Waals surface area contributed by atoms with Gasteiger partial charge in [-0.3, -0.25) is 13.8 Å². The van der Waals surface area contributed by atoms with Gasteiger partial charge in [-0.1, -0.05) is 194 Å². The Hall–Kier alpha value is -0.500. The number of phosphoric ester groups is 1. The number of hydrogen-bond donors (Lipinski definition) is 3. The Bertz CT molecular complexity index is 809. The van der Waals surface area contributed by atoms with E-state index in [1.807, 2.05) is 28.1 Å². The minimum atomic E-state index is -4.28. The van der Waals surface area contributed by atoms with Gasteiger partial charge in [-0.2, -0.15) is 0 Å². The Balaban J connectivity index is 3.77. The van der Waals surface area contributed by atoms with Crippen molar-refractivity contribution in [2.45, 2.75) is 225 Å². The zero-order valence-corrected chi connectivity index (χ0v) is 35.5. The predicted molar refractivity (Wildman–Crippen MR) is 217 cm³/mol. The maximum absolute atomic E-state index is 12.4. The normalized spacial score (nSPS) is 14.4. The molecule has 0 aromatic rings. The zero-order valence-electron chi connectivity index (χ0n) is 34.6. The second kappa shape index (κ2) is 35.2. The molecule has 0 saturated heterocycles. The number of rotatable bonds is 40. The highest BCUT2D eigenvalue weighted by molar-refractivity contribution is 7.47. The molecule has 0 radical (unpaired) electrons. The first-order chi connectivity index (χ1) is 24.5. The summed E-state index contributed by atoms with van der Waals surface area (Å²) >= 11 is 0. The summed E-state index contributed by atoms with van der Waals surface area (Å²) in [6.07, 6.45) is 38.3. The van der Waals surface area contributed by atoms with E-state index in [1.54, 1.807) is 0 Å². The number of aliphatic hydroxyl groups is 1. The van der Waals surface area contributed by atoms with Gasteiger partial charge < -0.3 is 19.8 Å². The van der Waals surface area contributed by atoms with E-state index in [1.165, 1.54) is 154 Å². The summed E-state index contributed by atoms with van der Waals surface area (Å²) in [4.78, 5) is 22.5. The fraction of sp³-hybridized carbons (Fsp3) is 0.976. The van der Waals surface area contributed by atoms with Crippen molar-refractivity contribution in [2.75, 3.05) is 40.9 Å². The third-order valence-electron chi connectivity index (χ3n) is 10.1. The van der Waals surface area contributed by atoms with E-state index in [-0.39, 0.29) is 19.1 Å². The van der Waals surface area contributed by atoms with Crippen molar-refractivity contribution < 1.29 is 32.9 Å².